The molecule has 2 aromatic rings. The molecule has 2 N–H and O–H groups in total. The van der Waals surface area contributed by atoms with Crippen LogP contribution in [0, 0.1) is 6.92 Å². The largest absolute Gasteiger partial charge is 0.495 e. The summed E-state index contributed by atoms with van der Waals surface area (Å²) in [5.74, 6) is 1.37. The number of rotatable bonds is 4. The molecule has 0 aliphatic carbocycles. The highest BCUT2D eigenvalue weighted by Crippen LogP contribution is 2.26. The summed E-state index contributed by atoms with van der Waals surface area (Å²) < 4.78 is 12.6. The number of benzene rings is 1. The van der Waals surface area contributed by atoms with Crippen molar-refractivity contribution in [3.63, 3.8) is 0 Å². The highest BCUT2D eigenvalue weighted by atomic mass is 16.5. The van der Waals surface area contributed by atoms with Crippen molar-refractivity contribution in [1.29, 1.82) is 0 Å². The van der Waals surface area contributed by atoms with Gasteiger partial charge in [-0.05, 0) is 25.1 Å². The van der Waals surface area contributed by atoms with Gasteiger partial charge in [-0.15, -0.1) is 0 Å². The van der Waals surface area contributed by atoms with Crippen LogP contribution < -0.4 is 15.2 Å². The van der Waals surface area contributed by atoms with Crippen LogP contribution in [0.25, 0.3) is 0 Å². The lowest BCUT2D eigenvalue weighted by Gasteiger charge is -2.09. The summed E-state index contributed by atoms with van der Waals surface area (Å²) in [7, 11) is 3.48. The molecule has 1 aromatic heterocycles. The average molecular weight is 247 g/mol. The van der Waals surface area contributed by atoms with Crippen LogP contribution in [-0.2, 0) is 13.7 Å². The quantitative estimate of drug-likeness (QED) is 0.838. The lowest BCUT2D eigenvalue weighted by Crippen LogP contribution is -2.03. The fraction of sp³-hybridized carbons (Fsp3) is 0.308. The molecule has 0 radical (unpaired) electrons. The molecule has 5 nitrogen and oxygen atoms in total. The number of methoxy groups -OCH3 is 1. The molecule has 18 heavy (non-hydrogen) atoms. The van der Waals surface area contributed by atoms with E-state index in [1.807, 2.05) is 30.8 Å². The predicted molar refractivity (Wildman–Crippen MR) is 69.7 cm³/mol. The van der Waals surface area contributed by atoms with Crippen molar-refractivity contribution in [2.45, 2.75) is 13.5 Å². The van der Waals surface area contributed by atoms with E-state index in [1.165, 1.54) is 0 Å². The first-order valence-electron chi connectivity index (χ1n) is 5.66. The van der Waals surface area contributed by atoms with Crippen molar-refractivity contribution in [2.75, 3.05) is 12.8 Å². The minimum atomic E-state index is 0.461. The number of anilines is 1. The van der Waals surface area contributed by atoms with Crippen molar-refractivity contribution in [3.05, 3.63) is 35.7 Å². The summed E-state index contributed by atoms with van der Waals surface area (Å²) in [5, 5.41) is 4.26. The van der Waals surface area contributed by atoms with Gasteiger partial charge in [-0.2, -0.15) is 5.10 Å². The van der Waals surface area contributed by atoms with Crippen LogP contribution in [0.3, 0.4) is 0 Å². The topological polar surface area (TPSA) is 62.3 Å². The van der Waals surface area contributed by atoms with Crippen LogP contribution in [0.5, 0.6) is 11.5 Å². The average Bonchev–Trinajstić information content (AvgIpc) is 2.65. The first-order valence-corrected chi connectivity index (χ1v) is 5.66. The summed E-state index contributed by atoms with van der Waals surface area (Å²) in [6.45, 7) is 2.41. The summed E-state index contributed by atoms with van der Waals surface area (Å²) in [6, 6.07) is 7.37. The Morgan fingerprint density at radius 2 is 2.11 bits per heavy atom. The Kier molecular flexibility index (Phi) is 3.41. The van der Waals surface area contributed by atoms with Crippen molar-refractivity contribution < 1.29 is 9.47 Å². The lowest BCUT2D eigenvalue weighted by molar-refractivity contribution is 0.294. The Morgan fingerprint density at radius 3 is 2.67 bits per heavy atom. The van der Waals surface area contributed by atoms with E-state index in [4.69, 9.17) is 15.2 Å². The zero-order valence-electron chi connectivity index (χ0n) is 10.8. The molecular formula is C13H17N3O2. The van der Waals surface area contributed by atoms with Crippen LogP contribution in [-0.4, -0.2) is 16.9 Å². The molecule has 0 atom stereocenters. The molecule has 0 aliphatic rings. The van der Waals surface area contributed by atoms with E-state index in [0.29, 0.717) is 23.8 Å². The molecule has 0 unspecified atom stereocenters. The Morgan fingerprint density at radius 1 is 1.33 bits per heavy atom. The first-order chi connectivity index (χ1) is 8.60. The minimum Gasteiger partial charge on any atom is -0.495 e. The Hall–Kier alpha value is -2.17. The molecule has 2 rings (SSSR count). The van der Waals surface area contributed by atoms with Crippen molar-refractivity contribution in [3.8, 4) is 11.5 Å². The van der Waals surface area contributed by atoms with Crippen LogP contribution in [0.2, 0.25) is 0 Å². The van der Waals surface area contributed by atoms with E-state index >= 15 is 0 Å². The number of ether oxygens (including phenoxy) is 2. The van der Waals surface area contributed by atoms with Crippen molar-refractivity contribution in [2.24, 2.45) is 7.05 Å². The van der Waals surface area contributed by atoms with E-state index in [2.05, 4.69) is 5.10 Å². The van der Waals surface area contributed by atoms with Crippen molar-refractivity contribution in [1.82, 2.24) is 9.78 Å². The SMILES string of the molecule is COc1ccc(OCc2cc(C)nn2C)cc1N. The number of hydrogen-bond donors (Lipinski definition) is 1. The third kappa shape index (κ3) is 2.56. The Balaban J connectivity index is 2.06. The number of nitrogen functional groups attached to an aromatic ring is 1. The van der Waals surface area contributed by atoms with Gasteiger partial charge in [-0.3, -0.25) is 4.68 Å². The van der Waals surface area contributed by atoms with Gasteiger partial charge in [-0.1, -0.05) is 0 Å². The second-order valence-corrected chi connectivity index (χ2v) is 4.09. The van der Waals surface area contributed by atoms with Gasteiger partial charge >= 0.3 is 0 Å². The molecule has 96 valence electrons. The standard InChI is InChI=1S/C13H17N3O2/c1-9-6-10(16(2)15-9)8-18-11-4-5-13(17-3)12(14)7-11/h4-7H,8,14H2,1-3H3. The third-order valence-corrected chi connectivity index (χ3v) is 2.69. The molecule has 0 spiro atoms. The maximum absolute atomic E-state index is 5.81. The van der Waals surface area contributed by atoms with Gasteiger partial charge in [0, 0.05) is 13.1 Å². The van der Waals surface area contributed by atoms with E-state index in [9.17, 15) is 0 Å². The molecule has 0 aliphatic heterocycles. The van der Waals surface area contributed by atoms with Gasteiger partial charge < -0.3 is 15.2 Å². The number of hydrogen-bond acceptors (Lipinski definition) is 4. The van der Waals surface area contributed by atoms with Gasteiger partial charge in [-0.25, -0.2) is 0 Å². The fourth-order valence-electron chi connectivity index (χ4n) is 1.76. The van der Waals surface area contributed by atoms with Crippen LogP contribution in [0.4, 0.5) is 5.69 Å². The summed E-state index contributed by atoms with van der Waals surface area (Å²) in [5.41, 5.74) is 8.37. The molecule has 0 amide bonds. The highest BCUT2D eigenvalue weighted by Gasteiger charge is 2.05. The van der Waals surface area contributed by atoms with Gasteiger partial charge in [0.05, 0.1) is 24.2 Å². The lowest BCUT2D eigenvalue weighted by atomic mass is 10.3. The van der Waals surface area contributed by atoms with Gasteiger partial charge in [0.25, 0.3) is 0 Å². The third-order valence-electron chi connectivity index (χ3n) is 2.69. The highest BCUT2D eigenvalue weighted by molar-refractivity contribution is 5.56. The first kappa shape index (κ1) is 12.3. The number of aromatic nitrogens is 2. The molecule has 0 bridgehead atoms. The summed E-state index contributed by atoms with van der Waals surface area (Å²) in [4.78, 5) is 0. The fourth-order valence-corrected chi connectivity index (χ4v) is 1.76. The van der Waals surface area contributed by atoms with Gasteiger partial charge in [0.2, 0.25) is 0 Å². The molecule has 0 fully saturated rings. The maximum Gasteiger partial charge on any atom is 0.142 e. The summed E-state index contributed by atoms with van der Waals surface area (Å²) in [6.07, 6.45) is 0. The zero-order chi connectivity index (χ0) is 13.1. The normalized spacial score (nSPS) is 10.4. The second kappa shape index (κ2) is 5.00. The zero-order valence-corrected chi connectivity index (χ0v) is 10.8. The van der Waals surface area contributed by atoms with Gasteiger partial charge in [0.1, 0.15) is 18.1 Å². The second-order valence-electron chi connectivity index (χ2n) is 4.09. The Bertz CT molecular complexity index is 549. The monoisotopic (exact) mass is 247 g/mol. The molecule has 1 heterocycles. The van der Waals surface area contributed by atoms with Crippen LogP contribution in [0.1, 0.15) is 11.4 Å². The number of aryl methyl sites for hydroxylation is 2. The smallest absolute Gasteiger partial charge is 0.142 e. The van der Waals surface area contributed by atoms with Crippen molar-refractivity contribution >= 4 is 5.69 Å². The van der Waals surface area contributed by atoms with E-state index in [0.717, 1.165) is 11.4 Å². The molecule has 0 saturated heterocycles. The molecular weight excluding hydrogens is 230 g/mol. The van der Waals surface area contributed by atoms with Gasteiger partial charge in [0.15, 0.2) is 0 Å². The summed E-state index contributed by atoms with van der Waals surface area (Å²) >= 11 is 0. The molecule has 5 heteroatoms. The molecule has 0 saturated carbocycles. The number of nitrogens with zero attached hydrogens (tertiary/aromatic N) is 2. The number of nitrogens with two attached hydrogens (primary N) is 1. The minimum absolute atomic E-state index is 0.461. The Labute approximate surface area is 106 Å². The van der Waals surface area contributed by atoms with E-state index in [-0.39, 0.29) is 0 Å². The van der Waals surface area contributed by atoms with Crippen LogP contribution >= 0.6 is 0 Å². The maximum atomic E-state index is 5.81. The molecule has 1 aromatic carbocycles. The van der Waals surface area contributed by atoms with E-state index < -0.39 is 0 Å². The van der Waals surface area contributed by atoms with E-state index in [1.54, 1.807) is 19.2 Å². The van der Waals surface area contributed by atoms with Crippen LogP contribution in [0.15, 0.2) is 24.3 Å². The predicted octanol–water partition coefficient (Wildman–Crippen LogP) is 1.90.